The molecular weight excluding hydrogens is 182 g/mol. The van der Waals surface area contributed by atoms with Gasteiger partial charge in [-0.15, -0.1) is 11.3 Å². The molecule has 0 atom stereocenters. The molecule has 0 spiro atoms. The molecule has 2 rings (SSSR count). The lowest BCUT2D eigenvalue weighted by Gasteiger charge is -1.95. The van der Waals surface area contributed by atoms with Gasteiger partial charge in [0.25, 0.3) is 0 Å². The van der Waals surface area contributed by atoms with Gasteiger partial charge >= 0.3 is 0 Å². The minimum Gasteiger partial charge on any atom is -0.330 e. The lowest BCUT2D eigenvalue weighted by Crippen LogP contribution is -2.32. The van der Waals surface area contributed by atoms with E-state index in [0.29, 0.717) is 6.54 Å². The van der Waals surface area contributed by atoms with Crippen molar-refractivity contribution in [2.45, 2.75) is 6.42 Å². The van der Waals surface area contributed by atoms with E-state index in [0.717, 1.165) is 6.42 Å². The number of nitrogens with zero attached hydrogens (tertiary/aromatic N) is 1. The monoisotopic (exact) mass is 194 g/mol. The van der Waals surface area contributed by atoms with Gasteiger partial charge in [0, 0.05) is 13.0 Å². The van der Waals surface area contributed by atoms with Crippen LogP contribution in [0.25, 0.3) is 5.00 Å². The lowest BCUT2D eigenvalue weighted by atomic mass is 10.3. The molecule has 0 aromatic carbocycles. The number of aromatic nitrogens is 2. The summed E-state index contributed by atoms with van der Waals surface area (Å²) in [5, 5.41) is 3.30. The van der Waals surface area contributed by atoms with E-state index in [1.807, 2.05) is 18.6 Å². The van der Waals surface area contributed by atoms with Crippen molar-refractivity contribution < 1.29 is 4.57 Å². The zero-order valence-electron chi connectivity index (χ0n) is 7.23. The molecule has 0 aliphatic carbocycles. The fraction of sp³-hybridized carbons (Fsp3) is 0.222. The van der Waals surface area contributed by atoms with Crippen molar-refractivity contribution in [3.8, 4) is 5.00 Å². The first kappa shape index (κ1) is 8.47. The van der Waals surface area contributed by atoms with Crippen molar-refractivity contribution in [3.63, 3.8) is 0 Å². The van der Waals surface area contributed by atoms with E-state index < -0.39 is 0 Å². The smallest absolute Gasteiger partial charge is 0.247 e. The van der Waals surface area contributed by atoms with E-state index >= 15 is 0 Å². The molecule has 2 aromatic heterocycles. The minimum atomic E-state index is 0.684. The maximum atomic E-state index is 5.52. The second kappa shape index (κ2) is 3.72. The quantitative estimate of drug-likeness (QED) is 0.699. The van der Waals surface area contributed by atoms with Crippen LogP contribution in [0, 0.1) is 0 Å². The minimum absolute atomic E-state index is 0.684. The van der Waals surface area contributed by atoms with Crippen LogP contribution in [0.3, 0.4) is 0 Å². The summed E-state index contributed by atoms with van der Waals surface area (Å²) in [5.74, 6) is 0. The molecule has 13 heavy (non-hydrogen) atoms. The van der Waals surface area contributed by atoms with Gasteiger partial charge in [0.2, 0.25) is 6.33 Å². The Hall–Kier alpha value is -1.13. The molecule has 2 heterocycles. The Morgan fingerprint density at radius 2 is 2.46 bits per heavy atom. The summed E-state index contributed by atoms with van der Waals surface area (Å²) < 4.78 is 2.14. The Bertz CT molecular complexity index is 364. The van der Waals surface area contributed by atoms with Crippen LogP contribution in [0.4, 0.5) is 0 Å². The van der Waals surface area contributed by atoms with Crippen LogP contribution >= 0.6 is 11.3 Å². The van der Waals surface area contributed by atoms with Gasteiger partial charge in [0.1, 0.15) is 11.9 Å². The van der Waals surface area contributed by atoms with Crippen LogP contribution in [0.5, 0.6) is 0 Å². The SMILES string of the molecule is NCCc1c[nH]c[n+]1-c1cccs1. The predicted octanol–water partition coefficient (Wildman–Crippen LogP) is 0.854. The van der Waals surface area contributed by atoms with Gasteiger partial charge in [-0.25, -0.2) is 4.98 Å². The molecule has 3 nitrogen and oxygen atoms in total. The van der Waals surface area contributed by atoms with E-state index in [9.17, 15) is 0 Å². The largest absolute Gasteiger partial charge is 0.330 e. The van der Waals surface area contributed by atoms with Crippen molar-refractivity contribution in [2.75, 3.05) is 6.54 Å². The van der Waals surface area contributed by atoms with Crippen molar-refractivity contribution in [2.24, 2.45) is 5.73 Å². The number of thiophene rings is 1. The summed E-state index contributed by atoms with van der Waals surface area (Å²) in [5.41, 5.74) is 6.74. The number of hydrogen-bond acceptors (Lipinski definition) is 2. The maximum absolute atomic E-state index is 5.52. The highest BCUT2D eigenvalue weighted by molar-refractivity contribution is 7.12. The first-order valence-corrected chi connectivity index (χ1v) is 5.11. The van der Waals surface area contributed by atoms with Gasteiger partial charge < -0.3 is 5.73 Å². The molecule has 0 radical (unpaired) electrons. The third kappa shape index (κ3) is 1.64. The summed E-state index contributed by atoms with van der Waals surface area (Å²) in [6.07, 6.45) is 4.85. The van der Waals surface area contributed by atoms with E-state index in [1.54, 1.807) is 11.3 Å². The third-order valence-electron chi connectivity index (χ3n) is 1.91. The number of nitrogens with one attached hydrogen (secondary N) is 1. The van der Waals surface area contributed by atoms with Crippen molar-refractivity contribution >= 4 is 11.3 Å². The van der Waals surface area contributed by atoms with Crippen molar-refractivity contribution in [3.05, 3.63) is 35.7 Å². The predicted molar refractivity (Wildman–Crippen MR) is 53.0 cm³/mol. The second-order valence-corrected chi connectivity index (χ2v) is 3.72. The second-order valence-electron chi connectivity index (χ2n) is 2.79. The standard InChI is InChI=1S/C9H11N3S/c10-4-3-8-6-11-7-12(8)9-2-1-5-13-9/h1-2,5-7H,3-4,10H2/p+1. The Morgan fingerprint density at radius 1 is 1.54 bits per heavy atom. The Balaban J connectivity index is 2.35. The van der Waals surface area contributed by atoms with E-state index in [-0.39, 0.29) is 0 Å². The summed E-state index contributed by atoms with van der Waals surface area (Å²) in [6, 6.07) is 4.14. The summed E-state index contributed by atoms with van der Waals surface area (Å²) >= 11 is 1.72. The number of aromatic amines is 1. The van der Waals surface area contributed by atoms with Crippen LogP contribution in [0.15, 0.2) is 30.0 Å². The van der Waals surface area contributed by atoms with Gasteiger partial charge in [-0.05, 0) is 17.5 Å². The third-order valence-corrected chi connectivity index (χ3v) is 2.77. The summed E-state index contributed by atoms with van der Waals surface area (Å²) in [7, 11) is 0. The van der Waals surface area contributed by atoms with Crippen LogP contribution < -0.4 is 10.3 Å². The molecule has 68 valence electrons. The fourth-order valence-electron chi connectivity index (χ4n) is 1.31. The molecule has 0 saturated heterocycles. The summed E-state index contributed by atoms with van der Waals surface area (Å²) in [6.45, 7) is 0.684. The van der Waals surface area contributed by atoms with Gasteiger partial charge in [-0.2, -0.15) is 4.57 Å². The van der Waals surface area contributed by atoms with Gasteiger partial charge in [-0.3, -0.25) is 0 Å². The number of rotatable bonds is 3. The number of imidazole rings is 1. The van der Waals surface area contributed by atoms with E-state index in [4.69, 9.17) is 5.73 Å². The lowest BCUT2D eigenvalue weighted by molar-refractivity contribution is -0.598. The van der Waals surface area contributed by atoms with Crippen molar-refractivity contribution in [1.82, 2.24) is 4.98 Å². The average molecular weight is 194 g/mol. The highest BCUT2D eigenvalue weighted by Crippen LogP contribution is 2.08. The highest BCUT2D eigenvalue weighted by atomic mass is 32.1. The molecule has 4 heteroatoms. The Labute approximate surface area is 80.8 Å². The van der Waals surface area contributed by atoms with Crippen LogP contribution in [-0.4, -0.2) is 11.5 Å². The maximum Gasteiger partial charge on any atom is 0.247 e. The zero-order valence-corrected chi connectivity index (χ0v) is 8.05. The number of H-pyrrole nitrogens is 1. The number of nitrogens with two attached hydrogens (primary N) is 1. The molecule has 0 unspecified atom stereocenters. The molecule has 3 N–H and O–H groups in total. The Morgan fingerprint density at radius 3 is 3.15 bits per heavy atom. The van der Waals surface area contributed by atoms with Gasteiger partial charge in [-0.1, -0.05) is 0 Å². The normalized spacial score (nSPS) is 10.5. The molecular formula is C9H12N3S+. The van der Waals surface area contributed by atoms with Crippen LogP contribution in [0.2, 0.25) is 0 Å². The zero-order chi connectivity index (χ0) is 9.10. The van der Waals surface area contributed by atoms with Crippen LogP contribution in [0.1, 0.15) is 5.69 Å². The molecule has 0 saturated carbocycles. The van der Waals surface area contributed by atoms with E-state index in [1.165, 1.54) is 10.7 Å². The molecule has 2 aromatic rings. The first-order valence-electron chi connectivity index (χ1n) is 4.23. The highest BCUT2D eigenvalue weighted by Gasteiger charge is 2.10. The van der Waals surface area contributed by atoms with Crippen molar-refractivity contribution in [1.29, 1.82) is 0 Å². The van der Waals surface area contributed by atoms with Gasteiger partial charge in [0.05, 0.1) is 0 Å². The summed E-state index contributed by atoms with van der Waals surface area (Å²) in [4.78, 5) is 3.09. The van der Waals surface area contributed by atoms with E-state index in [2.05, 4.69) is 21.0 Å². The Kier molecular flexibility index (Phi) is 2.42. The molecule has 0 fully saturated rings. The molecule has 0 bridgehead atoms. The first-order chi connectivity index (χ1) is 6.42. The topological polar surface area (TPSA) is 45.7 Å². The molecule has 0 amide bonds. The average Bonchev–Trinajstić information content (AvgIpc) is 2.71. The molecule has 0 aliphatic heterocycles. The fourth-order valence-corrected chi connectivity index (χ4v) is 2.05. The van der Waals surface area contributed by atoms with Gasteiger partial charge in [0.15, 0.2) is 5.00 Å². The van der Waals surface area contributed by atoms with Crippen LogP contribution in [-0.2, 0) is 6.42 Å². The number of hydrogen-bond donors (Lipinski definition) is 2. The molecule has 0 aliphatic rings.